The normalized spacial score (nSPS) is 16.7. The molecule has 1 atom stereocenters. The molecule has 0 bridgehead atoms. The van der Waals surface area contributed by atoms with Gasteiger partial charge in [0.05, 0.1) is 21.6 Å². The molecule has 0 spiro atoms. The van der Waals surface area contributed by atoms with E-state index in [1.807, 2.05) is 18.2 Å². The fraction of sp³-hybridized carbons (Fsp3) is 0.412. The van der Waals surface area contributed by atoms with Crippen LogP contribution in [0.1, 0.15) is 18.9 Å². The second-order valence-corrected chi connectivity index (χ2v) is 11.5. The smallest absolute Gasteiger partial charge is 0.309 e. The van der Waals surface area contributed by atoms with Crippen LogP contribution in [0.2, 0.25) is 19.6 Å². The summed E-state index contributed by atoms with van der Waals surface area (Å²) in [7, 11) is -0.283. The van der Waals surface area contributed by atoms with Crippen molar-refractivity contribution in [2.24, 2.45) is 0 Å². The van der Waals surface area contributed by atoms with Gasteiger partial charge in [-0.25, -0.2) is 0 Å². The average molecular weight is 334 g/mol. The summed E-state index contributed by atoms with van der Waals surface area (Å²) >= 11 is 0. The molecule has 0 saturated carbocycles. The van der Waals surface area contributed by atoms with Crippen molar-refractivity contribution in [1.29, 1.82) is 0 Å². The molecule has 1 aromatic rings. The fourth-order valence-electron chi connectivity index (χ4n) is 2.53. The maximum Gasteiger partial charge on any atom is 0.309 e. The molecule has 1 unspecified atom stereocenters. The Hall–Kier alpha value is -2.08. The van der Waals surface area contributed by atoms with Crippen molar-refractivity contribution in [2.45, 2.75) is 39.1 Å². The Morgan fingerprint density at radius 3 is 2.52 bits per heavy atom. The number of hydrogen-bond donors (Lipinski definition) is 0. The van der Waals surface area contributed by atoms with Gasteiger partial charge in [-0.05, 0) is 17.3 Å². The summed E-state index contributed by atoms with van der Waals surface area (Å²) in [5, 5.41) is 1.22. The molecule has 0 aromatic heterocycles. The van der Waals surface area contributed by atoms with Crippen molar-refractivity contribution in [3.8, 4) is 5.75 Å². The second-order valence-electron chi connectivity index (χ2n) is 6.49. The second kappa shape index (κ2) is 6.58. The lowest BCUT2D eigenvalue weighted by Crippen LogP contribution is -2.41. The van der Waals surface area contributed by atoms with Crippen molar-refractivity contribution in [2.75, 3.05) is 7.11 Å². The van der Waals surface area contributed by atoms with Crippen LogP contribution in [0, 0.1) is 0 Å². The van der Waals surface area contributed by atoms with Crippen LogP contribution < -0.4 is 9.92 Å². The Bertz CT molecular complexity index is 657. The lowest BCUT2D eigenvalue weighted by molar-refractivity contribution is -0.145. The number of carbonyl (C=O) groups excluding carboxylic acids is 2. The predicted molar refractivity (Wildman–Crippen MR) is 90.2 cm³/mol. The summed E-state index contributed by atoms with van der Waals surface area (Å²) in [6, 6.07) is 5.90. The van der Waals surface area contributed by atoms with E-state index in [9.17, 15) is 9.59 Å². The number of fused-ring (bicyclic) bond motifs is 1. The molecule has 23 heavy (non-hydrogen) atoms. The first kappa shape index (κ1) is 17.3. The van der Waals surface area contributed by atoms with Crippen molar-refractivity contribution >= 4 is 31.3 Å². The molecule has 1 aromatic carbocycles. The van der Waals surface area contributed by atoms with Crippen LogP contribution >= 0.6 is 0 Å². The standard InChI is InChI=1S/C17H22O5Si/c1-11(18)21-14-9-12-13(22-15(14)10-17(19)20-2)7-6-8-16(12)23(3,4)5/h6-9,15H,10H2,1-5H3. The zero-order chi connectivity index (χ0) is 17.2. The highest BCUT2D eigenvalue weighted by Gasteiger charge is 2.31. The molecular formula is C17H22O5Si. The Balaban J connectivity index is 2.47. The number of rotatable bonds is 4. The van der Waals surface area contributed by atoms with Gasteiger partial charge in [-0.3, -0.25) is 9.59 Å². The zero-order valence-corrected chi connectivity index (χ0v) is 15.1. The minimum atomic E-state index is -1.60. The van der Waals surface area contributed by atoms with Crippen LogP contribution in [-0.2, 0) is 19.1 Å². The van der Waals surface area contributed by atoms with Gasteiger partial charge in [0, 0.05) is 12.5 Å². The third-order valence-electron chi connectivity index (χ3n) is 3.59. The van der Waals surface area contributed by atoms with E-state index in [0.29, 0.717) is 11.5 Å². The maximum atomic E-state index is 11.6. The largest absolute Gasteiger partial charge is 0.481 e. The quantitative estimate of drug-likeness (QED) is 0.625. The Labute approximate surface area is 137 Å². The van der Waals surface area contributed by atoms with Crippen LogP contribution in [0.15, 0.2) is 24.0 Å². The maximum absolute atomic E-state index is 11.6. The van der Waals surface area contributed by atoms with Gasteiger partial charge in [-0.15, -0.1) is 0 Å². The summed E-state index contributed by atoms with van der Waals surface area (Å²) in [5.74, 6) is 0.192. The summed E-state index contributed by atoms with van der Waals surface area (Å²) in [4.78, 5) is 23.0. The monoisotopic (exact) mass is 334 g/mol. The molecule has 0 fully saturated rings. The molecular weight excluding hydrogens is 312 g/mol. The number of ether oxygens (including phenoxy) is 3. The summed E-state index contributed by atoms with van der Waals surface area (Å²) in [6.07, 6.45) is 1.16. The molecule has 0 N–H and O–H groups in total. The van der Waals surface area contributed by atoms with E-state index in [0.717, 1.165) is 5.56 Å². The van der Waals surface area contributed by atoms with Gasteiger partial charge in [0.25, 0.3) is 0 Å². The van der Waals surface area contributed by atoms with Gasteiger partial charge >= 0.3 is 11.9 Å². The van der Waals surface area contributed by atoms with E-state index in [2.05, 4.69) is 25.7 Å². The number of methoxy groups -OCH3 is 1. The minimum absolute atomic E-state index is 0.00771. The number of benzene rings is 1. The molecule has 5 nitrogen and oxygen atoms in total. The van der Waals surface area contributed by atoms with Crippen molar-refractivity contribution in [3.05, 3.63) is 29.5 Å². The molecule has 0 radical (unpaired) electrons. The van der Waals surface area contributed by atoms with Gasteiger partial charge in [-0.1, -0.05) is 31.8 Å². The molecule has 6 heteroatoms. The third-order valence-corrected chi connectivity index (χ3v) is 5.64. The summed E-state index contributed by atoms with van der Waals surface area (Å²) in [6.45, 7) is 8.05. The van der Waals surface area contributed by atoms with Crippen LogP contribution in [0.3, 0.4) is 0 Å². The Morgan fingerprint density at radius 1 is 1.26 bits per heavy atom. The number of carbonyl (C=O) groups is 2. The van der Waals surface area contributed by atoms with E-state index in [-0.39, 0.29) is 6.42 Å². The molecule has 2 rings (SSSR count). The van der Waals surface area contributed by atoms with Crippen LogP contribution in [0.5, 0.6) is 5.75 Å². The highest BCUT2D eigenvalue weighted by molar-refractivity contribution is 6.89. The van der Waals surface area contributed by atoms with E-state index in [1.165, 1.54) is 19.2 Å². The summed E-state index contributed by atoms with van der Waals surface area (Å²) < 4.78 is 15.9. The summed E-state index contributed by atoms with van der Waals surface area (Å²) in [5.41, 5.74) is 0.934. The lowest BCUT2D eigenvalue weighted by Gasteiger charge is -2.29. The predicted octanol–water partition coefficient (Wildman–Crippen LogP) is 2.46. The molecule has 0 saturated heterocycles. The number of esters is 2. The molecule has 124 valence electrons. The SMILES string of the molecule is COC(=O)CC1Oc2cccc([Si](C)(C)C)c2C=C1OC(C)=O. The Kier molecular flexibility index (Phi) is 4.94. The highest BCUT2D eigenvalue weighted by Crippen LogP contribution is 2.31. The first-order valence-electron chi connectivity index (χ1n) is 7.49. The van der Waals surface area contributed by atoms with Gasteiger partial charge in [0.2, 0.25) is 0 Å². The third kappa shape index (κ3) is 4.01. The molecule has 1 aliphatic rings. The topological polar surface area (TPSA) is 61.8 Å². The van der Waals surface area contributed by atoms with Crippen molar-refractivity contribution < 1.29 is 23.8 Å². The van der Waals surface area contributed by atoms with Crippen LogP contribution in [0.25, 0.3) is 6.08 Å². The zero-order valence-electron chi connectivity index (χ0n) is 14.1. The molecule has 0 aliphatic carbocycles. The van der Waals surface area contributed by atoms with Gasteiger partial charge in [0.15, 0.2) is 6.10 Å². The van der Waals surface area contributed by atoms with Crippen LogP contribution in [0.4, 0.5) is 0 Å². The van der Waals surface area contributed by atoms with Crippen LogP contribution in [-0.4, -0.2) is 33.2 Å². The fourth-order valence-corrected chi connectivity index (χ4v) is 4.13. The molecule has 1 aliphatic heterocycles. The lowest BCUT2D eigenvalue weighted by atomic mass is 10.1. The highest BCUT2D eigenvalue weighted by atomic mass is 28.3. The number of hydrogen-bond acceptors (Lipinski definition) is 5. The molecule has 1 heterocycles. The van der Waals surface area contributed by atoms with Gasteiger partial charge in [0.1, 0.15) is 11.5 Å². The molecule has 0 amide bonds. The van der Waals surface area contributed by atoms with E-state index in [1.54, 1.807) is 0 Å². The minimum Gasteiger partial charge on any atom is -0.481 e. The van der Waals surface area contributed by atoms with Crippen molar-refractivity contribution in [1.82, 2.24) is 0 Å². The van der Waals surface area contributed by atoms with E-state index >= 15 is 0 Å². The van der Waals surface area contributed by atoms with Gasteiger partial charge < -0.3 is 14.2 Å². The van der Waals surface area contributed by atoms with E-state index < -0.39 is 26.1 Å². The first-order chi connectivity index (χ1) is 10.7. The average Bonchev–Trinajstić information content (AvgIpc) is 2.45. The first-order valence-corrected chi connectivity index (χ1v) is 11.0. The van der Waals surface area contributed by atoms with Crippen molar-refractivity contribution in [3.63, 3.8) is 0 Å². The van der Waals surface area contributed by atoms with Gasteiger partial charge in [-0.2, -0.15) is 0 Å². The Morgan fingerprint density at radius 2 is 1.96 bits per heavy atom. The van der Waals surface area contributed by atoms with E-state index in [4.69, 9.17) is 14.2 Å².